The zero-order valence-electron chi connectivity index (χ0n) is 15.5. The van der Waals surface area contributed by atoms with Crippen LogP contribution in [0.25, 0.3) is 0 Å². The first-order valence-electron chi connectivity index (χ1n) is 8.66. The Kier molecular flexibility index (Phi) is 8.09. The molecule has 2 aromatic carbocycles. The number of hydrogen-bond donors (Lipinski definition) is 3. The van der Waals surface area contributed by atoms with Gasteiger partial charge in [0.25, 0.3) is 0 Å². The highest BCUT2D eigenvalue weighted by molar-refractivity contribution is 7.89. The van der Waals surface area contributed by atoms with Gasteiger partial charge in [-0.1, -0.05) is 41.4 Å². The van der Waals surface area contributed by atoms with Crippen LogP contribution in [-0.2, 0) is 16.4 Å². The van der Waals surface area contributed by atoms with Crippen molar-refractivity contribution in [1.29, 1.82) is 0 Å². The summed E-state index contributed by atoms with van der Waals surface area (Å²) in [5, 5.41) is 7.00. The molecule has 0 aliphatic carbocycles. The number of hydrogen-bond acceptors (Lipinski definition) is 3. The molecule has 0 radical (unpaired) electrons. The maximum Gasteiger partial charge on any atom is 0.240 e. The van der Waals surface area contributed by atoms with Crippen molar-refractivity contribution in [2.24, 2.45) is 4.99 Å². The van der Waals surface area contributed by atoms with E-state index in [9.17, 15) is 8.42 Å². The first-order chi connectivity index (χ1) is 12.9. The van der Waals surface area contributed by atoms with Gasteiger partial charge in [0.2, 0.25) is 10.0 Å². The average Bonchev–Trinajstić information content (AvgIpc) is 2.64. The Hall–Kier alpha value is -2.09. The highest BCUT2D eigenvalue weighted by Gasteiger charge is 2.12. The molecule has 3 N–H and O–H groups in total. The molecular formula is C19H25ClN4O2S. The van der Waals surface area contributed by atoms with Crippen molar-refractivity contribution in [3.05, 3.63) is 64.7 Å². The normalized spacial score (nSPS) is 12.0. The molecule has 0 amide bonds. The smallest absolute Gasteiger partial charge is 0.240 e. The topological polar surface area (TPSA) is 82.6 Å². The molecule has 0 bridgehead atoms. The lowest BCUT2D eigenvalue weighted by Crippen LogP contribution is -2.42. The number of sulfonamides is 1. The summed E-state index contributed by atoms with van der Waals surface area (Å²) < 4.78 is 27.0. The molecule has 0 aromatic heterocycles. The Labute approximate surface area is 166 Å². The van der Waals surface area contributed by atoms with Crippen molar-refractivity contribution in [2.75, 3.05) is 26.7 Å². The Bertz CT molecular complexity index is 868. The van der Waals surface area contributed by atoms with E-state index >= 15 is 0 Å². The molecule has 0 spiro atoms. The molecule has 0 aliphatic heterocycles. The largest absolute Gasteiger partial charge is 0.356 e. The van der Waals surface area contributed by atoms with E-state index < -0.39 is 10.0 Å². The van der Waals surface area contributed by atoms with Gasteiger partial charge in [-0.3, -0.25) is 4.99 Å². The molecule has 0 fully saturated rings. The van der Waals surface area contributed by atoms with E-state index in [0.29, 0.717) is 19.0 Å². The average molecular weight is 409 g/mol. The number of nitrogens with zero attached hydrogens (tertiary/aromatic N) is 1. The van der Waals surface area contributed by atoms with Gasteiger partial charge in [0, 0.05) is 31.7 Å². The summed E-state index contributed by atoms with van der Waals surface area (Å²) in [6, 6.07) is 14.5. The van der Waals surface area contributed by atoms with Gasteiger partial charge >= 0.3 is 0 Å². The molecule has 146 valence electrons. The fraction of sp³-hybridized carbons (Fsp3) is 0.316. The Morgan fingerprint density at radius 2 is 1.74 bits per heavy atom. The number of rotatable bonds is 8. The molecule has 0 atom stereocenters. The number of aryl methyl sites for hydroxylation is 1. The monoisotopic (exact) mass is 408 g/mol. The second kappa shape index (κ2) is 10.3. The van der Waals surface area contributed by atoms with Gasteiger partial charge in [-0.25, -0.2) is 13.1 Å². The Balaban J connectivity index is 1.72. The van der Waals surface area contributed by atoms with Crippen LogP contribution in [0.5, 0.6) is 0 Å². The summed E-state index contributed by atoms with van der Waals surface area (Å²) in [5.74, 6) is 0.617. The summed E-state index contributed by atoms with van der Waals surface area (Å²) >= 11 is 5.97. The van der Waals surface area contributed by atoms with Gasteiger partial charge in [0.05, 0.1) is 4.90 Å². The molecule has 2 aromatic rings. The predicted octanol–water partition coefficient (Wildman–Crippen LogP) is 2.33. The van der Waals surface area contributed by atoms with Crippen molar-refractivity contribution in [2.45, 2.75) is 18.2 Å². The lowest BCUT2D eigenvalue weighted by Gasteiger charge is -2.12. The lowest BCUT2D eigenvalue weighted by atomic mass is 10.1. The van der Waals surface area contributed by atoms with Crippen LogP contribution >= 0.6 is 11.6 Å². The lowest BCUT2D eigenvalue weighted by molar-refractivity contribution is 0.580. The number of aliphatic imine (C=N–C) groups is 1. The summed E-state index contributed by atoms with van der Waals surface area (Å²) in [6.45, 7) is 3.28. The van der Waals surface area contributed by atoms with Crippen molar-refractivity contribution in [3.63, 3.8) is 0 Å². The maximum atomic E-state index is 12.2. The van der Waals surface area contributed by atoms with Crippen LogP contribution in [0.3, 0.4) is 0 Å². The van der Waals surface area contributed by atoms with Crippen LogP contribution in [0.2, 0.25) is 5.02 Å². The van der Waals surface area contributed by atoms with Crippen molar-refractivity contribution in [3.8, 4) is 0 Å². The van der Waals surface area contributed by atoms with Gasteiger partial charge in [-0.2, -0.15) is 0 Å². The minimum absolute atomic E-state index is 0.255. The van der Waals surface area contributed by atoms with Gasteiger partial charge in [-0.05, 0) is 43.2 Å². The van der Waals surface area contributed by atoms with Crippen molar-refractivity contribution >= 4 is 27.6 Å². The van der Waals surface area contributed by atoms with Gasteiger partial charge in [0.1, 0.15) is 0 Å². The van der Waals surface area contributed by atoms with Crippen molar-refractivity contribution in [1.82, 2.24) is 15.4 Å². The number of benzene rings is 2. The quantitative estimate of drug-likeness (QED) is 0.355. The number of nitrogens with one attached hydrogen (secondary N) is 3. The first-order valence-corrected chi connectivity index (χ1v) is 10.5. The number of halogens is 1. The van der Waals surface area contributed by atoms with Gasteiger partial charge < -0.3 is 10.6 Å². The van der Waals surface area contributed by atoms with Crippen molar-refractivity contribution < 1.29 is 8.42 Å². The van der Waals surface area contributed by atoms with E-state index in [1.54, 1.807) is 31.3 Å². The predicted molar refractivity (Wildman–Crippen MR) is 111 cm³/mol. The molecule has 0 aliphatic rings. The second-order valence-electron chi connectivity index (χ2n) is 6.02. The molecule has 0 saturated heterocycles. The van der Waals surface area contributed by atoms with E-state index in [2.05, 4.69) is 20.3 Å². The summed E-state index contributed by atoms with van der Waals surface area (Å²) in [7, 11) is -1.83. The Morgan fingerprint density at radius 1 is 1.04 bits per heavy atom. The molecule has 0 saturated carbocycles. The molecule has 0 unspecified atom stereocenters. The van der Waals surface area contributed by atoms with Crippen LogP contribution in [0.15, 0.2) is 58.4 Å². The zero-order chi connectivity index (χ0) is 19.7. The molecule has 0 heterocycles. The second-order valence-corrected chi connectivity index (χ2v) is 8.22. The zero-order valence-corrected chi connectivity index (χ0v) is 17.1. The van der Waals surface area contributed by atoms with E-state index in [0.717, 1.165) is 22.6 Å². The highest BCUT2D eigenvalue weighted by Crippen LogP contribution is 2.11. The first kappa shape index (κ1) is 21.2. The SMILES string of the molecule is CN=C(NCCNS(=O)(=O)c1ccc(C)cc1)NCCc1cccc(Cl)c1. The minimum atomic E-state index is -3.50. The fourth-order valence-electron chi connectivity index (χ4n) is 2.41. The van der Waals surface area contributed by atoms with Crippen LogP contribution in [0, 0.1) is 6.92 Å². The fourth-order valence-corrected chi connectivity index (χ4v) is 3.65. The van der Waals surface area contributed by atoms with E-state index in [1.807, 2.05) is 31.2 Å². The standard InChI is InChI=1S/C19H25ClN4O2S/c1-15-6-8-18(9-7-15)27(25,26)24-13-12-23-19(21-2)22-11-10-16-4-3-5-17(20)14-16/h3-9,14,24H,10-13H2,1-2H3,(H2,21,22,23). The van der Waals surface area contributed by atoms with E-state index in [-0.39, 0.29) is 11.4 Å². The molecule has 2 rings (SSSR count). The van der Waals surface area contributed by atoms with E-state index in [4.69, 9.17) is 11.6 Å². The van der Waals surface area contributed by atoms with Gasteiger partial charge in [0.15, 0.2) is 5.96 Å². The summed E-state index contributed by atoms with van der Waals surface area (Å²) in [4.78, 5) is 4.39. The summed E-state index contributed by atoms with van der Waals surface area (Å²) in [6.07, 6.45) is 0.807. The molecule has 8 heteroatoms. The summed E-state index contributed by atoms with van der Waals surface area (Å²) in [5.41, 5.74) is 2.15. The van der Waals surface area contributed by atoms with Gasteiger partial charge in [-0.15, -0.1) is 0 Å². The Morgan fingerprint density at radius 3 is 2.41 bits per heavy atom. The van der Waals surface area contributed by atoms with Crippen LogP contribution in [-0.4, -0.2) is 41.1 Å². The van der Waals surface area contributed by atoms with Crippen LogP contribution < -0.4 is 15.4 Å². The third kappa shape index (κ3) is 7.21. The minimum Gasteiger partial charge on any atom is -0.356 e. The van der Waals surface area contributed by atoms with Crippen LogP contribution in [0.1, 0.15) is 11.1 Å². The molecule has 6 nitrogen and oxygen atoms in total. The number of guanidine groups is 1. The highest BCUT2D eigenvalue weighted by atomic mass is 35.5. The third-order valence-corrected chi connectivity index (χ3v) is 5.57. The van der Waals surface area contributed by atoms with E-state index in [1.165, 1.54) is 0 Å². The van der Waals surface area contributed by atoms with Crippen LogP contribution in [0.4, 0.5) is 0 Å². The maximum absolute atomic E-state index is 12.2. The molecular weight excluding hydrogens is 384 g/mol. The third-order valence-electron chi connectivity index (χ3n) is 3.86. The molecule has 27 heavy (non-hydrogen) atoms.